The molecule has 94 valence electrons. The molecule has 1 aromatic heterocycles. The highest BCUT2D eigenvalue weighted by Crippen LogP contribution is 2.18. The van der Waals surface area contributed by atoms with Crippen LogP contribution in [0.2, 0.25) is 0 Å². The fourth-order valence-electron chi connectivity index (χ4n) is 1.54. The van der Waals surface area contributed by atoms with E-state index >= 15 is 0 Å². The summed E-state index contributed by atoms with van der Waals surface area (Å²) in [5, 5.41) is 4.64. The fraction of sp³-hybridized carbons (Fsp3) is 0.0833. The van der Waals surface area contributed by atoms with Crippen LogP contribution in [0, 0.1) is 5.82 Å². The molecule has 0 radical (unpaired) electrons. The number of halogens is 1. The lowest BCUT2D eigenvalue weighted by Gasteiger charge is -2.09. The van der Waals surface area contributed by atoms with Gasteiger partial charge in [-0.1, -0.05) is 12.1 Å². The van der Waals surface area contributed by atoms with Crippen molar-refractivity contribution in [3.63, 3.8) is 0 Å². The van der Waals surface area contributed by atoms with Gasteiger partial charge in [-0.05, 0) is 23.6 Å². The quantitative estimate of drug-likeness (QED) is 0.586. The molecule has 1 amide bonds. The van der Waals surface area contributed by atoms with Crippen LogP contribution in [-0.4, -0.2) is 5.91 Å². The number of carbonyl (C=O) groups excluding carboxylic acids is 1. The summed E-state index contributed by atoms with van der Waals surface area (Å²) in [6.07, 6.45) is 0. The Bertz CT molecular complexity index is 542. The third kappa shape index (κ3) is 2.66. The van der Waals surface area contributed by atoms with E-state index < -0.39 is 5.82 Å². The summed E-state index contributed by atoms with van der Waals surface area (Å²) < 4.78 is 13.4. The van der Waals surface area contributed by atoms with E-state index in [9.17, 15) is 9.18 Å². The minimum absolute atomic E-state index is 0.00109. The number of nitrogen functional groups attached to an aromatic ring is 1. The number of anilines is 1. The highest BCUT2D eigenvalue weighted by molar-refractivity contribution is 7.09. The van der Waals surface area contributed by atoms with E-state index in [0.29, 0.717) is 6.54 Å². The second-order valence-electron chi connectivity index (χ2n) is 3.57. The number of hydrogen-bond donors (Lipinski definition) is 3. The second-order valence-corrected chi connectivity index (χ2v) is 4.60. The Morgan fingerprint density at radius 1 is 1.33 bits per heavy atom. The van der Waals surface area contributed by atoms with E-state index in [1.54, 1.807) is 11.3 Å². The Labute approximate surface area is 108 Å². The van der Waals surface area contributed by atoms with E-state index in [0.717, 1.165) is 4.88 Å². The zero-order valence-corrected chi connectivity index (χ0v) is 10.3. The molecule has 0 spiro atoms. The number of benzene rings is 1. The Morgan fingerprint density at radius 2 is 2.17 bits per heavy atom. The van der Waals surface area contributed by atoms with Crippen molar-refractivity contribution in [2.24, 2.45) is 5.84 Å². The van der Waals surface area contributed by atoms with Crippen molar-refractivity contribution in [2.75, 3.05) is 5.43 Å². The van der Waals surface area contributed by atoms with Crippen LogP contribution in [0.5, 0.6) is 0 Å². The maximum atomic E-state index is 13.4. The number of nitrogens with two attached hydrogens (primary N) is 1. The van der Waals surface area contributed by atoms with E-state index in [4.69, 9.17) is 5.84 Å². The third-order valence-electron chi connectivity index (χ3n) is 2.41. The van der Waals surface area contributed by atoms with Gasteiger partial charge in [-0.3, -0.25) is 10.6 Å². The highest BCUT2D eigenvalue weighted by atomic mass is 32.1. The second kappa shape index (κ2) is 5.61. The van der Waals surface area contributed by atoms with Gasteiger partial charge < -0.3 is 10.7 Å². The Morgan fingerprint density at radius 3 is 2.83 bits per heavy atom. The average molecular weight is 265 g/mol. The number of hydrazine groups is 1. The molecule has 0 saturated carbocycles. The monoisotopic (exact) mass is 265 g/mol. The molecule has 6 heteroatoms. The molecule has 4 N–H and O–H groups in total. The molecular weight excluding hydrogens is 253 g/mol. The molecule has 2 aromatic rings. The van der Waals surface area contributed by atoms with Crippen molar-refractivity contribution in [1.29, 1.82) is 0 Å². The molecule has 0 aliphatic rings. The topological polar surface area (TPSA) is 67.1 Å². The van der Waals surface area contributed by atoms with E-state index in [-0.39, 0.29) is 17.2 Å². The van der Waals surface area contributed by atoms with Crippen LogP contribution in [0.4, 0.5) is 10.1 Å². The first-order chi connectivity index (χ1) is 8.72. The number of nitrogens with one attached hydrogen (secondary N) is 2. The molecule has 0 aliphatic carbocycles. The number of rotatable bonds is 4. The van der Waals surface area contributed by atoms with Gasteiger partial charge in [0.05, 0.1) is 17.8 Å². The summed E-state index contributed by atoms with van der Waals surface area (Å²) in [4.78, 5) is 12.9. The molecule has 0 saturated heterocycles. The number of hydrogen-bond acceptors (Lipinski definition) is 4. The van der Waals surface area contributed by atoms with Crippen LogP contribution in [0.1, 0.15) is 15.2 Å². The maximum Gasteiger partial charge on any atom is 0.253 e. The van der Waals surface area contributed by atoms with Gasteiger partial charge in [0.1, 0.15) is 5.82 Å². The smallest absolute Gasteiger partial charge is 0.253 e. The van der Waals surface area contributed by atoms with Crippen LogP contribution >= 0.6 is 11.3 Å². The first-order valence-electron chi connectivity index (χ1n) is 5.28. The molecular formula is C12H12FN3OS. The SMILES string of the molecule is NNc1c(F)cccc1C(=O)NCc1cccs1. The van der Waals surface area contributed by atoms with Crippen LogP contribution in [0.15, 0.2) is 35.7 Å². The molecule has 0 unspecified atom stereocenters. The lowest BCUT2D eigenvalue weighted by atomic mass is 10.1. The summed E-state index contributed by atoms with van der Waals surface area (Å²) in [5.41, 5.74) is 2.39. The molecule has 0 bridgehead atoms. The number of thiophene rings is 1. The first-order valence-corrected chi connectivity index (χ1v) is 6.16. The van der Waals surface area contributed by atoms with Crippen molar-refractivity contribution in [2.45, 2.75) is 6.54 Å². The van der Waals surface area contributed by atoms with Crippen molar-refractivity contribution < 1.29 is 9.18 Å². The first kappa shape index (κ1) is 12.5. The summed E-state index contributed by atoms with van der Waals surface area (Å²) in [6.45, 7) is 0.414. The van der Waals surface area contributed by atoms with Crippen molar-refractivity contribution in [1.82, 2.24) is 5.32 Å². The van der Waals surface area contributed by atoms with Crippen molar-refractivity contribution in [3.8, 4) is 0 Å². The van der Waals surface area contributed by atoms with Crippen LogP contribution in [0.25, 0.3) is 0 Å². The Balaban J connectivity index is 2.11. The molecule has 0 atom stereocenters. The molecule has 0 fully saturated rings. The summed E-state index contributed by atoms with van der Waals surface area (Å²) in [6, 6.07) is 8.04. The Kier molecular flexibility index (Phi) is 3.91. The maximum absolute atomic E-state index is 13.4. The van der Waals surface area contributed by atoms with Crippen molar-refractivity contribution in [3.05, 3.63) is 52.0 Å². The number of carbonyl (C=O) groups is 1. The molecule has 1 aromatic carbocycles. The van der Waals surface area contributed by atoms with Gasteiger partial charge in [0, 0.05) is 4.88 Å². The van der Waals surface area contributed by atoms with E-state index in [1.807, 2.05) is 17.5 Å². The van der Waals surface area contributed by atoms with Gasteiger partial charge in [-0.2, -0.15) is 0 Å². The largest absolute Gasteiger partial charge is 0.347 e. The van der Waals surface area contributed by atoms with Gasteiger partial charge in [-0.25, -0.2) is 4.39 Å². The predicted octanol–water partition coefficient (Wildman–Crippen LogP) is 2.10. The normalized spacial score (nSPS) is 10.1. The van der Waals surface area contributed by atoms with Crippen LogP contribution in [0.3, 0.4) is 0 Å². The van der Waals surface area contributed by atoms with Gasteiger partial charge in [0.15, 0.2) is 0 Å². The number of para-hydroxylation sites is 1. The van der Waals surface area contributed by atoms with E-state index in [1.165, 1.54) is 18.2 Å². The summed E-state index contributed by atoms with van der Waals surface area (Å²) in [5.74, 6) is 4.29. The molecule has 18 heavy (non-hydrogen) atoms. The molecule has 1 heterocycles. The fourth-order valence-corrected chi connectivity index (χ4v) is 2.18. The zero-order valence-electron chi connectivity index (χ0n) is 9.44. The highest BCUT2D eigenvalue weighted by Gasteiger charge is 2.13. The molecule has 2 rings (SSSR count). The third-order valence-corrected chi connectivity index (χ3v) is 3.28. The van der Waals surface area contributed by atoms with Crippen LogP contribution < -0.4 is 16.6 Å². The Hall–Kier alpha value is -1.92. The van der Waals surface area contributed by atoms with Gasteiger partial charge in [-0.15, -0.1) is 11.3 Å². The van der Waals surface area contributed by atoms with E-state index in [2.05, 4.69) is 10.7 Å². The standard InChI is InChI=1S/C12H12FN3OS/c13-10-5-1-4-9(11(10)16-14)12(17)15-7-8-3-2-6-18-8/h1-6,16H,7,14H2,(H,15,17). The summed E-state index contributed by atoms with van der Waals surface area (Å²) in [7, 11) is 0. The lowest BCUT2D eigenvalue weighted by molar-refractivity contribution is 0.0951. The molecule has 0 aliphatic heterocycles. The molecule has 4 nitrogen and oxygen atoms in total. The van der Waals surface area contributed by atoms with Gasteiger partial charge in [0.2, 0.25) is 0 Å². The zero-order chi connectivity index (χ0) is 13.0. The van der Waals surface area contributed by atoms with Crippen LogP contribution in [-0.2, 0) is 6.54 Å². The lowest BCUT2D eigenvalue weighted by Crippen LogP contribution is -2.25. The number of amides is 1. The minimum atomic E-state index is -0.554. The van der Waals surface area contributed by atoms with Gasteiger partial charge in [0.25, 0.3) is 5.91 Å². The average Bonchev–Trinajstić information content (AvgIpc) is 2.88. The predicted molar refractivity (Wildman–Crippen MR) is 69.7 cm³/mol. The van der Waals surface area contributed by atoms with Crippen molar-refractivity contribution >= 4 is 22.9 Å². The minimum Gasteiger partial charge on any atom is -0.347 e. The van der Waals surface area contributed by atoms with Gasteiger partial charge >= 0.3 is 0 Å². The summed E-state index contributed by atoms with van der Waals surface area (Å²) >= 11 is 1.54.